The zero-order valence-electron chi connectivity index (χ0n) is 14.6. The summed E-state index contributed by atoms with van der Waals surface area (Å²) in [6.07, 6.45) is 6.17. The molecule has 1 saturated carbocycles. The Morgan fingerprint density at radius 1 is 1.28 bits per heavy atom. The molecule has 3 aliphatic rings. The van der Waals surface area contributed by atoms with Gasteiger partial charge in [-0.15, -0.1) is 0 Å². The molecule has 7 heteroatoms. The number of nitrogens with zero attached hydrogens (tertiary/aromatic N) is 3. The number of rotatable bonds is 6. The molecule has 2 aliphatic heterocycles. The molecular weight excluding hydrogens is 322 g/mol. The van der Waals surface area contributed by atoms with Crippen LogP contribution in [0.2, 0.25) is 0 Å². The lowest BCUT2D eigenvalue weighted by atomic mass is 10.1. The zero-order chi connectivity index (χ0) is 17.1. The predicted molar refractivity (Wildman–Crippen MR) is 90.3 cm³/mol. The van der Waals surface area contributed by atoms with E-state index in [0.29, 0.717) is 24.8 Å². The van der Waals surface area contributed by atoms with E-state index >= 15 is 0 Å². The minimum absolute atomic E-state index is 0.0774. The second-order valence-electron chi connectivity index (χ2n) is 7.31. The summed E-state index contributed by atoms with van der Waals surface area (Å²) in [4.78, 5) is 17.0. The summed E-state index contributed by atoms with van der Waals surface area (Å²) in [6, 6.07) is 1.75. The number of hydrogen-bond donors (Lipinski definition) is 0. The average molecular weight is 349 g/mol. The fraction of sp³-hybridized carbons (Fsp3) is 0.778. The van der Waals surface area contributed by atoms with Crippen LogP contribution in [0.15, 0.2) is 16.8 Å². The van der Waals surface area contributed by atoms with E-state index in [1.54, 1.807) is 6.07 Å². The molecule has 0 aromatic carbocycles. The molecule has 25 heavy (non-hydrogen) atoms. The Kier molecular flexibility index (Phi) is 5.33. The first-order valence-corrected chi connectivity index (χ1v) is 9.44. The van der Waals surface area contributed by atoms with Crippen LogP contribution in [-0.4, -0.2) is 79.0 Å². The SMILES string of the molecule is O=C(c1ccno1)N1CCOC2CC(COCCN3CCCC3)CC21. The molecule has 3 fully saturated rings. The summed E-state index contributed by atoms with van der Waals surface area (Å²) in [5.41, 5.74) is 0. The second-order valence-corrected chi connectivity index (χ2v) is 7.31. The third-order valence-corrected chi connectivity index (χ3v) is 5.65. The van der Waals surface area contributed by atoms with Crippen LogP contribution in [0.5, 0.6) is 0 Å². The summed E-state index contributed by atoms with van der Waals surface area (Å²) >= 11 is 0. The molecule has 3 heterocycles. The smallest absolute Gasteiger partial charge is 0.292 e. The van der Waals surface area contributed by atoms with Crippen LogP contribution in [0.1, 0.15) is 36.2 Å². The molecule has 1 aliphatic carbocycles. The number of fused-ring (bicyclic) bond motifs is 1. The molecule has 138 valence electrons. The van der Waals surface area contributed by atoms with E-state index in [-0.39, 0.29) is 18.1 Å². The Labute approximate surface area is 148 Å². The molecule has 1 aromatic rings. The summed E-state index contributed by atoms with van der Waals surface area (Å²) in [7, 11) is 0. The first-order chi connectivity index (χ1) is 12.3. The number of likely N-dealkylation sites (tertiary alicyclic amines) is 1. The van der Waals surface area contributed by atoms with E-state index in [1.165, 1.54) is 32.1 Å². The van der Waals surface area contributed by atoms with Crippen LogP contribution in [0.25, 0.3) is 0 Å². The van der Waals surface area contributed by atoms with Gasteiger partial charge in [-0.25, -0.2) is 0 Å². The molecule has 7 nitrogen and oxygen atoms in total. The first-order valence-electron chi connectivity index (χ1n) is 9.44. The van der Waals surface area contributed by atoms with Gasteiger partial charge in [0, 0.05) is 25.8 Å². The maximum Gasteiger partial charge on any atom is 0.292 e. The van der Waals surface area contributed by atoms with Gasteiger partial charge in [0.05, 0.1) is 31.6 Å². The first kappa shape index (κ1) is 17.0. The molecule has 1 aromatic heterocycles. The lowest BCUT2D eigenvalue weighted by molar-refractivity contribution is -0.0460. The largest absolute Gasteiger partial charge is 0.380 e. The standard InChI is InChI=1S/C18H27N3O4/c22-18(16-3-4-19-25-16)21-8-10-24-17-12-14(11-15(17)21)13-23-9-7-20-5-1-2-6-20/h3-4,14-15,17H,1-2,5-13H2. The number of morpholine rings is 1. The van der Waals surface area contributed by atoms with Gasteiger partial charge < -0.3 is 23.8 Å². The van der Waals surface area contributed by atoms with Crippen molar-refractivity contribution in [2.24, 2.45) is 5.92 Å². The molecule has 0 spiro atoms. The number of aromatic nitrogens is 1. The molecule has 2 saturated heterocycles. The summed E-state index contributed by atoms with van der Waals surface area (Å²) in [5.74, 6) is 0.689. The second kappa shape index (κ2) is 7.85. The van der Waals surface area contributed by atoms with Gasteiger partial charge in [-0.05, 0) is 44.7 Å². The Morgan fingerprint density at radius 3 is 2.96 bits per heavy atom. The number of amides is 1. The number of carbonyl (C=O) groups is 1. The van der Waals surface area contributed by atoms with Crippen LogP contribution >= 0.6 is 0 Å². The summed E-state index contributed by atoms with van der Waals surface area (Å²) < 4.78 is 16.9. The Morgan fingerprint density at radius 2 is 2.16 bits per heavy atom. The van der Waals surface area contributed by atoms with E-state index in [2.05, 4.69) is 10.1 Å². The molecule has 0 radical (unpaired) electrons. The lowest BCUT2D eigenvalue weighted by Crippen LogP contribution is -2.51. The van der Waals surface area contributed by atoms with Crippen LogP contribution in [0, 0.1) is 5.92 Å². The highest BCUT2D eigenvalue weighted by atomic mass is 16.5. The minimum Gasteiger partial charge on any atom is -0.380 e. The van der Waals surface area contributed by atoms with Crippen LogP contribution in [0.4, 0.5) is 0 Å². The predicted octanol–water partition coefficient (Wildman–Crippen LogP) is 1.41. The van der Waals surface area contributed by atoms with E-state index in [9.17, 15) is 4.79 Å². The van der Waals surface area contributed by atoms with Gasteiger partial charge in [-0.3, -0.25) is 4.79 Å². The van der Waals surface area contributed by atoms with E-state index in [0.717, 1.165) is 32.6 Å². The average Bonchev–Trinajstić information content (AvgIpc) is 3.39. The van der Waals surface area contributed by atoms with Crippen molar-refractivity contribution in [2.75, 3.05) is 46.0 Å². The molecule has 3 unspecified atom stereocenters. The van der Waals surface area contributed by atoms with Crippen LogP contribution < -0.4 is 0 Å². The quantitative estimate of drug-likeness (QED) is 0.724. The highest BCUT2D eigenvalue weighted by Gasteiger charge is 2.43. The van der Waals surface area contributed by atoms with Crippen molar-refractivity contribution in [2.45, 2.75) is 37.8 Å². The highest BCUT2D eigenvalue weighted by molar-refractivity contribution is 5.91. The van der Waals surface area contributed by atoms with E-state index in [1.807, 2.05) is 4.90 Å². The monoisotopic (exact) mass is 349 g/mol. The molecule has 0 N–H and O–H groups in total. The van der Waals surface area contributed by atoms with Gasteiger partial charge in [-0.1, -0.05) is 5.16 Å². The Balaban J connectivity index is 1.26. The van der Waals surface area contributed by atoms with Crippen LogP contribution in [0.3, 0.4) is 0 Å². The van der Waals surface area contributed by atoms with Crippen LogP contribution in [-0.2, 0) is 9.47 Å². The normalized spacial score (nSPS) is 29.9. The number of carbonyl (C=O) groups excluding carboxylic acids is 1. The molecule has 1 amide bonds. The van der Waals surface area contributed by atoms with Crippen molar-refractivity contribution in [3.8, 4) is 0 Å². The molecule has 4 rings (SSSR count). The zero-order valence-corrected chi connectivity index (χ0v) is 14.6. The number of hydrogen-bond acceptors (Lipinski definition) is 6. The Hall–Kier alpha value is -1.44. The van der Waals surface area contributed by atoms with Gasteiger partial charge in [0.1, 0.15) is 0 Å². The molecule has 3 atom stereocenters. The highest BCUT2D eigenvalue weighted by Crippen LogP contribution is 2.35. The fourth-order valence-electron chi connectivity index (χ4n) is 4.36. The summed E-state index contributed by atoms with van der Waals surface area (Å²) in [6.45, 7) is 6.22. The minimum atomic E-state index is -0.0774. The topological polar surface area (TPSA) is 68.0 Å². The van der Waals surface area contributed by atoms with Gasteiger partial charge in [0.15, 0.2) is 0 Å². The van der Waals surface area contributed by atoms with Gasteiger partial charge >= 0.3 is 0 Å². The van der Waals surface area contributed by atoms with E-state index < -0.39 is 0 Å². The molecule has 0 bridgehead atoms. The van der Waals surface area contributed by atoms with Gasteiger partial charge in [0.2, 0.25) is 5.76 Å². The van der Waals surface area contributed by atoms with Gasteiger partial charge in [0.25, 0.3) is 5.91 Å². The van der Waals surface area contributed by atoms with E-state index in [4.69, 9.17) is 14.0 Å². The maximum atomic E-state index is 12.6. The van der Waals surface area contributed by atoms with Crippen molar-refractivity contribution in [3.63, 3.8) is 0 Å². The van der Waals surface area contributed by atoms with Crippen molar-refractivity contribution in [3.05, 3.63) is 18.0 Å². The van der Waals surface area contributed by atoms with Crippen molar-refractivity contribution < 1.29 is 18.8 Å². The van der Waals surface area contributed by atoms with Crippen molar-refractivity contribution >= 4 is 5.91 Å². The fourth-order valence-corrected chi connectivity index (χ4v) is 4.36. The lowest BCUT2D eigenvalue weighted by Gasteiger charge is -2.37. The third-order valence-electron chi connectivity index (χ3n) is 5.65. The third kappa shape index (κ3) is 3.88. The molecular formula is C18H27N3O4. The number of ether oxygens (including phenoxy) is 2. The summed E-state index contributed by atoms with van der Waals surface area (Å²) in [5, 5.41) is 3.64. The van der Waals surface area contributed by atoms with Crippen molar-refractivity contribution in [1.82, 2.24) is 15.0 Å². The van der Waals surface area contributed by atoms with Crippen molar-refractivity contribution in [1.29, 1.82) is 0 Å². The maximum absolute atomic E-state index is 12.6. The Bertz CT molecular complexity index is 559. The van der Waals surface area contributed by atoms with Gasteiger partial charge in [-0.2, -0.15) is 0 Å².